The normalized spacial score (nSPS) is 22.1. The molecule has 0 radical (unpaired) electrons. The Balaban J connectivity index is 1.71. The Morgan fingerprint density at radius 3 is 2.78 bits per heavy atom. The predicted octanol–water partition coefficient (Wildman–Crippen LogP) is 0.744. The number of hydrogen-bond acceptors (Lipinski definition) is 6. The molecule has 2 aliphatic heterocycles. The Morgan fingerprint density at radius 1 is 1.30 bits per heavy atom. The van der Waals surface area contributed by atoms with Crippen molar-refractivity contribution in [3.8, 4) is 0 Å². The summed E-state index contributed by atoms with van der Waals surface area (Å²) in [6.45, 7) is 5.52. The van der Waals surface area contributed by atoms with Crippen LogP contribution in [0.5, 0.6) is 0 Å². The number of rotatable bonds is 4. The molecule has 1 atom stereocenters. The number of carbonyl (C=O) groups excluding carboxylic acids is 1. The molecule has 8 nitrogen and oxygen atoms in total. The van der Waals surface area contributed by atoms with Gasteiger partial charge in [0.2, 0.25) is 5.95 Å². The Kier molecular flexibility index (Phi) is 4.82. The largest absolute Gasteiger partial charge is 0.390 e. The molecule has 0 spiro atoms. The Morgan fingerprint density at radius 2 is 2.13 bits per heavy atom. The molecule has 2 saturated heterocycles. The highest BCUT2D eigenvalue weighted by molar-refractivity contribution is 6.30. The molecule has 126 valence electrons. The molecule has 2 amide bonds. The molecular formula is C14H21ClN6O2. The molecule has 1 aromatic rings. The molecule has 1 aromatic heterocycles. The molecule has 2 fully saturated rings. The van der Waals surface area contributed by atoms with Gasteiger partial charge in [0.05, 0.1) is 12.6 Å². The second kappa shape index (κ2) is 6.84. The first-order chi connectivity index (χ1) is 11.1. The topological polar surface area (TPSA) is 85.7 Å². The van der Waals surface area contributed by atoms with Crippen molar-refractivity contribution in [2.75, 3.05) is 37.6 Å². The number of aliphatic hydroxyl groups excluding tert-OH is 1. The van der Waals surface area contributed by atoms with E-state index in [1.165, 1.54) is 0 Å². The highest BCUT2D eigenvalue weighted by Gasteiger charge is 2.35. The summed E-state index contributed by atoms with van der Waals surface area (Å²) < 4.78 is 0. The third-order valence-electron chi connectivity index (χ3n) is 4.48. The molecule has 1 unspecified atom stereocenters. The minimum Gasteiger partial charge on any atom is -0.390 e. The molecule has 23 heavy (non-hydrogen) atoms. The number of halogens is 1. The lowest BCUT2D eigenvalue weighted by molar-refractivity contribution is 0.172. The van der Waals surface area contributed by atoms with Gasteiger partial charge in [0, 0.05) is 32.7 Å². The van der Waals surface area contributed by atoms with Gasteiger partial charge in [-0.05, 0) is 19.8 Å². The van der Waals surface area contributed by atoms with Crippen molar-refractivity contribution in [3.05, 3.63) is 10.8 Å². The zero-order valence-electron chi connectivity index (χ0n) is 13.2. The molecule has 3 heterocycles. The average Bonchev–Trinajstić information content (AvgIpc) is 2.95. The number of urea groups is 1. The fraction of sp³-hybridized carbons (Fsp3) is 0.714. The van der Waals surface area contributed by atoms with Crippen LogP contribution in [0.3, 0.4) is 0 Å². The maximum absolute atomic E-state index is 12.4. The number of hydrogen-bond donors (Lipinski definition) is 1. The van der Waals surface area contributed by atoms with E-state index in [9.17, 15) is 4.79 Å². The molecule has 2 aliphatic rings. The molecule has 9 heteroatoms. The van der Waals surface area contributed by atoms with Gasteiger partial charge in [0.15, 0.2) is 5.15 Å². The average molecular weight is 341 g/mol. The van der Waals surface area contributed by atoms with Crippen LogP contribution in [-0.2, 0) is 6.61 Å². The second-order valence-corrected chi connectivity index (χ2v) is 6.16. The van der Waals surface area contributed by atoms with Crippen molar-refractivity contribution in [2.24, 2.45) is 0 Å². The molecule has 3 rings (SSSR count). The van der Waals surface area contributed by atoms with Crippen molar-refractivity contribution in [2.45, 2.75) is 32.4 Å². The molecule has 0 bridgehead atoms. The van der Waals surface area contributed by atoms with Gasteiger partial charge in [-0.25, -0.2) is 4.79 Å². The smallest absolute Gasteiger partial charge is 0.320 e. The molecule has 0 aromatic carbocycles. The summed E-state index contributed by atoms with van der Waals surface area (Å²) in [6, 6.07) is 0.278. The van der Waals surface area contributed by atoms with E-state index >= 15 is 0 Å². The maximum atomic E-state index is 12.4. The number of nitrogens with zero attached hydrogens (tertiary/aromatic N) is 6. The number of aromatic nitrogens is 3. The third kappa shape index (κ3) is 3.18. The standard InChI is InChI=1S/C14H21ClN6O2/c1-2-19-6-7-21(14(19)23)10-4-3-5-20(8-10)13-16-12(15)11(9-22)17-18-13/h10,22H,2-9H2,1H3. The fourth-order valence-corrected chi connectivity index (χ4v) is 3.35. The third-order valence-corrected chi connectivity index (χ3v) is 4.78. The van der Waals surface area contributed by atoms with Gasteiger partial charge in [-0.2, -0.15) is 4.98 Å². The Labute approximate surface area is 140 Å². The minimum atomic E-state index is -0.281. The lowest BCUT2D eigenvalue weighted by atomic mass is 10.0. The van der Waals surface area contributed by atoms with Crippen molar-refractivity contribution in [1.29, 1.82) is 0 Å². The van der Waals surface area contributed by atoms with Gasteiger partial charge in [-0.15, -0.1) is 10.2 Å². The van der Waals surface area contributed by atoms with E-state index in [4.69, 9.17) is 16.7 Å². The Bertz CT molecular complexity index is 586. The van der Waals surface area contributed by atoms with Crippen molar-refractivity contribution >= 4 is 23.6 Å². The molecule has 0 aliphatic carbocycles. The lowest BCUT2D eigenvalue weighted by Gasteiger charge is -2.37. The highest BCUT2D eigenvalue weighted by atomic mass is 35.5. The van der Waals surface area contributed by atoms with Crippen molar-refractivity contribution in [1.82, 2.24) is 25.0 Å². The summed E-state index contributed by atoms with van der Waals surface area (Å²) in [4.78, 5) is 22.4. The number of anilines is 1. The van der Waals surface area contributed by atoms with Crippen LogP contribution in [0.1, 0.15) is 25.5 Å². The minimum absolute atomic E-state index is 0.118. The summed E-state index contributed by atoms with van der Waals surface area (Å²) in [5.74, 6) is 0.455. The van der Waals surface area contributed by atoms with Crippen molar-refractivity contribution in [3.63, 3.8) is 0 Å². The zero-order chi connectivity index (χ0) is 16.4. The van der Waals surface area contributed by atoms with E-state index in [0.717, 1.165) is 39.0 Å². The molecule has 0 saturated carbocycles. The van der Waals surface area contributed by atoms with E-state index in [-0.39, 0.29) is 29.5 Å². The molecular weight excluding hydrogens is 320 g/mol. The summed E-state index contributed by atoms with van der Waals surface area (Å²) in [7, 11) is 0. The quantitative estimate of drug-likeness (QED) is 0.870. The first-order valence-corrected chi connectivity index (χ1v) is 8.32. The van der Waals surface area contributed by atoms with Crippen LogP contribution in [0.4, 0.5) is 10.7 Å². The van der Waals surface area contributed by atoms with E-state index in [2.05, 4.69) is 15.2 Å². The van der Waals surface area contributed by atoms with Crippen LogP contribution in [0, 0.1) is 0 Å². The van der Waals surface area contributed by atoms with Crippen LogP contribution in [-0.4, -0.2) is 74.9 Å². The maximum Gasteiger partial charge on any atom is 0.320 e. The zero-order valence-corrected chi connectivity index (χ0v) is 13.9. The fourth-order valence-electron chi connectivity index (χ4n) is 3.18. The number of carbonyl (C=O) groups is 1. The number of piperidine rings is 1. The molecule has 1 N–H and O–H groups in total. The number of aliphatic hydroxyl groups is 1. The van der Waals surface area contributed by atoms with Gasteiger partial charge in [0.1, 0.15) is 5.69 Å². The highest BCUT2D eigenvalue weighted by Crippen LogP contribution is 2.23. The SMILES string of the molecule is CCN1CCN(C2CCCN(c3nnc(CO)c(Cl)n3)C2)C1=O. The van der Waals surface area contributed by atoms with E-state index in [1.54, 1.807) is 0 Å². The van der Waals surface area contributed by atoms with Crippen LogP contribution >= 0.6 is 11.6 Å². The van der Waals surface area contributed by atoms with Gasteiger partial charge >= 0.3 is 6.03 Å². The monoisotopic (exact) mass is 340 g/mol. The van der Waals surface area contributed by atoms with Gasteiger partial charge in [-0.1, -0.05) is 11.6 Å². The first-order valence-electron chi connectivity index (χ1n) is 7.94. The summed E-state index contributed by atoms with van der Waals surface area (Å²) in [5, 5.41) is 17.2. The van der Waals surface area contributed by atoms with E-state index in [1.807, 2.05) is 21.6 Å². The van der Waals surface area contributed by atoms with E-state index < -0.39 is 0 Å². The van der Waals surface area contributed by atoms with Crippen LogP contribution < -0.4 is 4.90 Å². The lowest BCUT2D eigenvalue weighted by Crippen LogP contribution is -2.50. The van der Waals surface area contributed by atoms with E-state index in [0.29, 0.717) is 12.5 Å². The van der Waals surface area contributed by atoms with Gasteiger partial charge < -0.3 is 19.8 Å². The van der Waals surface area contributed by atoms with Crippen LogP contribution in [0.2, 0.25) is 5.15 Å². The summed E-state index contributed by atoms with van der Waals surface area (Å²) in [5.41, 5.74) is 0.275. The summed E-state index contributed by atoms with van der Waals surface area (Å²) in [6.07, 6.45) is 1.94. The van der Waals surface area contributed by atoms with Crippen molar-refractivity contribution < 1.29 is 9.90 Å². The second-order valence-electron chi connectivity index (χ2n) is 5.81. The van der Waals surface area contributed by atoms with Gasteiger partial charge in [-0.3, -0.25) is 0 Å². The van der Waals surface area contributed by atoms with Crippen LogP contribution in [0.25, 0.3) is 0 Å². The number of likely N-dealkylation sites (N-methyl/N-ethyl adjacent to an activating group) is 1. The predicted molar refractivity (Wildman–Crippen MR) is 85.3 cm³/mol. The van der Waals surface area contributed by atoms with Gasteiger partial charge in [0.25, 0.3) is 0 Å². The van der Waals surface area contributed by atoms with Crippen LogP contribution in [0.15, 0.2) is 0 Å². The first kappa shape index (κ1) is 16.2. The summed E-state index contributed by atoms with van der Waals surface area (Å²) >= 11 is 6.00. The Hall–Kier alpha value is -1.67. The number of amides is 2.